The lowest BCUT2D eigenvalue weighted by Gasteiger charge is -2.22. The molecule has 0 atom stereocenters. The first-order valence-electron chi connectivity index (χ1n) is 9.25. The molecule has 2 N–H and O–H groups in total. The van der Waals surface area contributed by atoms with Crippen molar-refractivity contribution in [1.82, 2.24) is 10.1 Å². The molecule has 2 aromatic carbocycles. The van der Waals surface area contributed by atoms with E-state index in [1.165, 1.54) is 41.3 Å². The zero-order valence-electron chi connectivity index (χ0n) is 16.6. The summed E-state index contributed by atoms with van der Waals surface area (Å²) in [6.07, 6.45) is -0.104. The molecule has 0 spiro atoms. The molecule has 1 heterocycles. The quantitative estimate of drug-likeness (QED) is 0.547. The van der Waals surface area contributed by atoms with E-state index in [0.29, 0.717) is 23.0 Å². The van der Waals surface area contributed by atoms with Gasteiger partial charge in [-0.25, -0.2) is 9.18 Å². The Hall–Kier alpha value is -4.08. The van der Waals surface area contributed by atoms with Crippen LogP contribution in [0.1, 0.15) is 22.6 Å². The van der Waals surface area contributed by atoms with E-state index in [2.05, 4.69) is 10.1 Å². The minimum Gasteiger partial charge on any atom is -0.452 e. The fourth-order valence-corrected chi connectivity index (χ4v) is 2.69. The van der Waals surface area contributed by atoms with Crippen molar-refractivity contribution in [2.75, 3.05) is 18.1 Å². The van der Waals surface area contributed by atoms with Crippen LogP contribution in [0.4, 0.5) is 10.1 Å². The number of ether oxygens (including phenoxy) is 1. The maximum absolute atomic E-state index is 13.2. The van der Waals surface area contributed by atoms with Crippen LogP contribution in [0.3, 0.4) is 0 Å². The molecule has 0 saturated carbocycles. The Balaban J connectivity index is 1.64. The van der Waals surface area contributed by atoms with E-state index in [-0.39, 0.29) is 18.5 Å². The fourth-order valence-electron chi connectivity index (χ4n) is 2.69. The molecule has 0 aliphatic rings. The zero-order chi connectivity index (χ0) is 22.4. The number of aromatic nitrogens is 2. The summed E-state index contributed by atoms with van der Waals surface area (Å²) in [5.74, 6) is -1.57. The molecule has 0 bridgehead atoms. The SMILES string of the molecule is Cc1noc(-c2ccc(C(=O)OCC(=O)N(CCC(N)=O)c3ccc(F)cc3)cc2)n1. The molecule has 0 saturated heterocycles. The van der Waals surface area contributed by atoms with Crippen LogP contribution in [-0.2, 0) is 14.3 Å². The van der Waals surface area contributed by atoms with Gasteiger partial charge < -0.3 is 19.9 Å². The van der Waals surface area contributed by atoms with Crippen LogP contribution >= 0.6 is 0 Å². The standard InChI is InChI=1S/C21H19FN4O5/c1-13-24-20(31-25-13)14-2-4-15(5-3-14)21(29)30-12-19(28)26(11-10-18(23)27)17-8-6-16(22)7-9-17/h2-9H,10-12H2,1H3,(H2,23,27). The number of rotatable bonds is 8. The second-order valence-corrected chi connectivity index (χ2v) is 6.54. The van der Waals surface area contributed by atoms with Gasteiger partial charge in [0.1, 0.15) is 5.82 Å². The number of primary amides is 1. The molecule has 0 radical (unpaired) electrons. The molecule has 1 aromatic heterocycles. The van der Waals surface area contributed by atoms with Crippen LogP contribution in [-0.4, -0.2) is 41.1 Å². The largest absolute Gasteiger partial charge is 0.452 e. The monoisotopic (exact) mass is 426 g/mol. The van der Waals surface area contributed by atoms with Gasteiger partial charge in [0.15, 0.2) is 12.4 Å². The molecular weight excluding hydrogens is 407 g/mol. The van der Waals surface area contributed by atoms with E-state index in [0.717, 1.165) is 0 Å². The van der Waals surface area contributed by atoms with E-state index < -0.39 is 30.2 Å². The van der Waals surface area contributed by atoms with Gasteiger partial charge in [-0.1, -0.05) is 5.16 Å². The van der Waals surface area contributed by atoms with Gasteiger partial charge in [-0.15, -0.1) is 0 Å². The van der Waals surface area contributed by atoms with Crippen LogP contribution in [0.25, 0.3) is 11.5 Å². The Bertz CT molecular complexity index is 1080. The van der Waals surface area contributed by atoms with Crippen LogP contribution in [0, 0.1) is 12.7 Å². The first kappa shape index (κ1) is 21.6. The summed E-state index contributed by atoms with van der Waals surface area (Å²) < 4.78 is 23.3. The second kappa shape index (κ2) is 9.61. The van der Waals surface area contributed by atoms with Gasteiger partial charge in [0.2, 0.25) is 5.91 Å². The van der Waals surface area contributed by atoms with Gasteiger partial charge in [-0.2, -0.15) is 4.98 Å². The summed E-state index contributed by atoms with van der Waals surface area (Å²) in [7, 11) is 0. The number of nitrogens with two attached hydrogens (primary N) is 1. The number of halogens is 1. The molecule has 0 unspecified atom stereocenters. The van der Waals surface area contributed by atoms with Gasteiger partial charge in [0, 0.05) is 24.2 Å². The molecule has 9 nitrogen and oxygen atoms in total. The first-order chi connectivity index (χ1) is 14.8. The Kier molecular flexibility index (Phi) is 6.71. The number of aryl methyl sites for hydroxylation is 1. The van der Waals surface area contributed by atoms with E-state index in [9.17, 15) is 18.8 Å². The highest BCUT2D eigenvalue weighted by Crippen LogP contribution is 2.19. The third-order valence-electron chi connectivity index (χ3n) is 4.24. The lowest BCUT2D eigenvalue weighted by molar-refractivity contribution is -0.121. The summed E-state index contributed by atoms with van der Waals surface area (Å²) in [6, 6.07) is 11.4. The maximum atomic E-state index is 13.2. The number of esters is 1. The molecular formula is C21H19FN4O5. The summed E-state index contributed by atoms with van der Waals surface area (Å²) in [5.41, 5.74) is 6.36. The van der Waals surface area contributed by atoms with Crippen molar-refractivity contribution in [3.8, 4) is 11.5 Å². The minimum atomic E-state index is -0.712. The molecule has 3 aromatic rings. The number of anilines is 1. The van der Waals surface area contributed by atoms with Crippen molar-refractivity contribution in [3.63, 3.8) is 0 Å². The molecule has 2 amide bonds. The van der Waals surface area contributed by atoms with E-state index in [1.54, 1.807) is 19.1 Å². The maximum Gasteiger partial charge on any atom is 0.338 e. The molecule has 31 heavy (non-hydrogen) atoms. The van der Waals surface area contributed by atoms with E-state index in [4.69, 9.17) is 15.0 Å². The Morgan fingerprint density at radius 2 is 1.77 bits per heavy atom. The minimum absolute atomic E-state index is 0.0321. The van der Waals surface area contributed by atoms with Crippen molar-refractivity contribution in [2.24, 2.45) is 5.73 Å². The predicted octanol–water partition coefficient (Wildman–Crippen LogP) is 2.25. The fraction of sp³-hybridized carbons (Fsp3) is 0.190. The number of nitrogens with zero attached hydrogens (tertiary/aromatic N) is 3. The highest BCUT2D eigenvalue weighted by Gasteiger charge is 2.19. The molecule has 160 valence electrons. The summed E-state index contributed by atoms with van der Waals surface area (Å²) >= 11 is 0. The number of amides is 2. The van der Waals surface area contributed by atoms with Gasteiger partial charge in [0.05, 0.1) is 5.56 Å². The second-order valence-electron chi connectivity index (χ2n) is 6.54. The van der Waals surface area contributed by atoms with Gasteiger partial charge in [-0.3, -0.25) is 9.59 Å². The Morgan fingerprint density at radius 1 is 1.10 bits per heavy atom. The average molecular weight is 426 g/mol. The highest BCUT2D eigenvalue weighted by molar-refractivity contribution is 5.97. The molecule has 10 heteroatoms. The van der Waals surface area contributed by atoms with Gasteiger partial charge in [-0.05, 0) is 55.5 Å². The summed E-state index contributed by atoms with van der Waals surface area (Å²) in [6.45, 7) is 1.09. The average Bonchev–Trinajstić information content (AvgIpc) is 3.19. The predicted molar refractivity (Wildman–Crippen MR) is 107 cm³/mol. The van der Waals surface area contributed by atoms with Crippen molar-refractivity contribution >= 4 is 23.5 Å². The Labute approximate surface area is 176 Å². The molecule has 0 aliphatic carbocycles. The van der Waals surface area contributed by atoms with Crippen LogP contribution in [0.15, 0.2) is 53.1 Å². The van der Waals surface area contributed by atoms with Crippen LogP contribution < -0.4 is 10.6 Å². The number of carbonyl (C=O) groups excluding carboxylic acids is 3. The highest BCUT2D eigenvalue weighted by atomic mass is 19.1. The van der Waals surface area contributed by atoms with Crippen molar-refractivity contribution in [2.45, 2.75) is 13.3 Å². The lowest BCUT2D eigenvalue weighted by Crippen LogP contribution is -2.37. The summed E-state index contributed by atoms with van der Waals surface area (Å²) in [4.78, 5) is 41.3. The number of benzene rings is 2. The van der Waals surface area contributed by atoms with Crippen LogP contribution in [0.2, 0.25) is 0 Å². The number of carbonyl (C=O) groups is 3. The molecule has 0 aliphatic heterocycles. The first-order valence-corrected chi connectivity index (χ1v) is 9.25. The third kappa shape index (κ3) is 5.72. The third-order valence-corrected chi connectivity index (χ3v) is 4.24. The summed E-state index contributed by atoms with van der Waals surface area (Å²) in [5, 5.41) is 3.70. The van der Waals surface area contributed by atoms with Crippen molar-refractivity contribution in [3.05, 3.63) is 65.7 Å². The van der Waals surface area contributed by atoms with Gasteiger partial charge in [0.25, 0.3) is 11.8 Å². The van der Waals surface area contributed by atoms with E-state index in [1.807, 2.05) is 0 Å². The number of hydrogen-bond acceptors (Lipinski definition) is 7. The Morgan fingerprint density at radius 3 is 2.35 bits per heavy atom. The van der Waals surface area contributed by atoms with Crippen molar-refractivity contribution in [1.29, 1.82) is 0 Å². The normalized spacial score (nSPS) is 10.5. The molecule has 0 fully saturated rings. The lowest BCUT2D eigenvalue weighted by atomic mass is 10.1. The number of hydrogen-bond donors (Lipinski definition) is 1. The van der Waals surface area contributed by atoms with Crippen molar-refractivity contribution < 1.29 is 28.0 Å². The topological polar surface area (TPSA) is 129 Å². The molecule has 3 rings (SSSR count). The van der Waals surface area contributed by atoms with Gasteiger partial charge >= 0.3 is 5.97 Å². The zero-order valence-corrected chi connectivity index (χ0v) is 16.6. The van der Waals surface area contributed by atoms with Crippen LogP contribution in [0.5, 0.6) is 0 Å². The van der Waals surface area contributed by atoms with E-state index >= 15 is 0 Å². The smallest absolute Gasteiger partial charge is 0.338 e.